The summed E-state index contributed by atoms with van der Waals surface area (Å²) in [5.74, 6) is -1.98. The van der Waals surface area contributed by atoms with Gasteiger partial charge in [-0.3, -0.25) is 0 Å². The van der Waals surface area contributed by atoms with Crippen molar-refractivity contribution in [3.63, 3.8) is 0 Å². The number of ether oxygens (including phenoxy) is 1. The van der Waals surface area contributed by atoms with E-state index < -0.39 is 35.5 Å². The molecule has 1 heterocycles. The van der Waals surface area contributed by atoms with E-state index in [0.29, 0.717) is 13.0 Å². The van der Waals surface area contributed by atoms with Crippen LogP contribution in [0.15, 0.2) is 18.2 Å². The predicted octanol–water partition coefficient (Wildman–Crippen LogP) is 3.40. The second-order valence-corrected chi connectivity index (χ2v) is 6.50. The van der Waals surface area contributed by atoms with Crippen LogP contribution in [0.1, 0.15) is 45.3 Å². The Kier molecular flexibility index (Phi) is 4.70. The van der Waals surface area contributed by atoms with E-state index in [0.717, 1.165) is 18.6 Å². The fraction of sp³-hybridized carbons (Fsp3) is 0.562. The maximum atomic E-state index is 13.3. The summed E-state index contributed by atoms with van der Waals surface area (Å²) in [5, 5.41) is 10.4. The van der Waals surface area contributed by atoms with Crippen LogP contribution >= 0.6 is 0 Å². The molecule has 0 aromatic heterocycles. The molecular formula is C16H21F2NO3. The summed E-state index contributed by atoms with van der Waals surface area (Å²) in [7, 11) is 0. The lowest BCUT2D eigenvalue weighted by molar-refractivity contribution is 0.00485. The highest BCUT2D eigenvalue weighted by molar-refractivity contribution is 5.69. The number of halogens is 2. The van der Waals surface area contributed by atoms with E-state index >= 15 is 0 Å². The Morgan fingerprint density at radius 2 is 2.05 bits per heavy atom. The summed E-state index contributed by atoms with van der Waals surface area (Å²) >= 11 is 0. The number of carbonyl (C=O) groups excluding carboxylic acids is 1. The molecule has 122 valence electrons. The molecule has 6 heteroatoms. The van der Waals surface area contributed by atoms with Gasteiger partial charge in [-0.2, -0.15) is 0 Å². The van der Waals surface area contributed by atoms with Crippen molar-refractivity contribution in [2.75, 3.05) is 6.54 Å². The van der Waals surface area contributed by atoms with Crippen molar-refractivity contribution < 1.29 is 23.4 Å². The van der Waals surface area contributed by atoms with E-state index in [4.69, 9.17) is 4.74 Å². The van der Waals surface area contributed by atoms with Crippen molar-refractivity contribution in [3.05, 3.63) is 35.4 Å². The molecule has 1 aliphatic heterocycles. The molecule has 4 nitrogen and oxygen atoms in total. The zero-order chi connectivity index (χ0) is 16.5. The van der Waals surface area contributed by atoms with E-state index in [1.807, 2.05) is 0 Å². The normalized spacial score (nSPS) is 20.1. The van der Waals surface area contributed by atoms with Crippen LogP contribution < -0.4 is 0 Å². The first-order valence-corrected chi connectivity index (χ1v) is 7.31. The van der Waals surface area contributed by atoms with E-state index in [2.05, 4.69) is 0 Å². The molecule has 22 heavy (non-hydrogen) atoms. The Balaban J connectivity index is 2.15. The summed E-state index contributed by atoms with van der Waals surface area (Å²) < 4.78 is 31.6. The zero-order valence-electron chi connectivity index (χ0n) is 13.0. The highest BCUT2D eigenvalue weighted by Crippen LogP contribution is 2.31. The largest absolute Gasteiger partial charge is 0.444 e. The maximum absolute atomic E-state index is 13.3. The van der Waals surface area contributed by atoms with Gasteiger partial charge >= 0.3 is 6.09 Å². The lowest BCUT2D eigenvalue weighted by atomic mass is 10.0. The molecule has 1 unspecified atom stereocenters. The van der Waals surface area contributed by atoms with Crippen molar-refractivity contribution in [3.8, 4) is 0 Å². The van der Waals surface area contributed by atoms with Crippen LogP contribution in [0.2, 0.25) is 0 Å². The molecule has 2 rings (SSSR count). The topological polar surface area (TPSA) is 49.8 Å². The van der Waals surface area contributed by atoms with Gasteiger partial charge < -0.3 is 14.7 Å². The number of amides is 1. The molecular weight excluding hydrogens is 292 g/mol. The lowest BCUT2D eigenvalue weighted by Crippen LogP contribution is -2.42. The van der Waals surface area contributed by atoms with Crippen LogP contribution in [0.3, 0.4) is 0 Å². The first kappa shape index (κ1) is 16.7. The Hall–Kier alpha value is -1.69. The Morgan fingerprint density at radius 1 is 1.36 bits per heavy atom. The van der Waals surface area contributed by atoms with Gasteiger partial charge in [0.05, 0.1) is 12.1 Å². The fourth-order valence-electron chi connectivity index (χ4n) is 2.59. The van der Waals surface area contributed by atoms with Gasteiger partial charge in [0, 0.05) is 6.54 Å². The summed E-state index contributed by atoms with van der Waals surface area (Å²) in [6.07, 6.45) is -0.272. The van der Waals surface area contributed by atoms with Gasteiger partial charge in [-0.05, 0) is 51.3 Å². The van der Waals surface area contributed by atoms with Crippen molar-refractivity contribution in [2.45, 2.75) is 51.4 Å². The van der Waals surface area contributed by atoms with Gasteiger partial charge in [-0.1, -0.05) is 6.07 Å². The van der Waals surface area contributed by atoms with Crippen LogP contribution in [0.25, 0.3) is 0 Å². The number of aliphatic hydroxyl groups excluding tert-OH is 1. The molecule has 1 fully saturated rings. The molecule has 1 N–H and O–H groups in total. The monoisotopic (exact) mass is 313 g/mol. The predicted molar refractivity (Wildman–Crippen MR) is 77.3 cm³/mol. The summed E-state index contributed by atoms with van der Waals surface area (Å²) in [6, 6.07) is 2.76. The number of hydrogen-bond acceptors (Lipinski definition) is 3. The average molecular weight is 313 g/mol. The number of carbonyl (C=O) groups is 1. The molecule has 1 saturated heterocycles. The molecule has 1 aromatic carbocycles. The molecule has 0 radical (unpaired) electrons. The molecule has 0 saturated carbocycles. The standard InChI is InChI=1S/C16H21F2NO3/c1-16(2,3)22-15(21)19-8-4-5-13(19)14(20)10-6-7-11(17)12(18)9-10/h6-7,9,13-14,20H,4-5,8H2,1-3H3/t13-,14?/m0/s1. The second kappa shape index (κ2) is 6.20. The van der Waals surface area contributed by atoms with Crippen molar-refractivity contribution in [1.82, 2.24) is 4.90 Å². The highest BCUT2D eigenvalue weighted by atomic mass is 19.2. The van der Waals surface area contributed by atoms with E-state index in [9.17, 15) is 18.7 Å². The van der Waals surface area contributed by atoms with Crippen molar-refractivity contribution in [2.24, 2.45) is 0 Å². The van der Waals surface area contributed by atoms with E-state index in [1.54, 1.807) is 20.8 Å². The molecule has 1 aliphatic rings. The lowest BCUT2D eigenvalue weighted by Gasteiger charge is -2.31. The van der Waals surface area contributed by atoms with Crippen LogP contribution in [-0.4, -0.2) is 34.3 Å². The van der Waals surface area contributed by atoms with Crippen LogP contribution in [0.5, 0.6) is 0 Å². The Labute approximate surface area is 128 Å². The molecule has 0 aliphatic carbocycles. The number of aliphatic hydroxyl groups is 1. The molecule has 0 bridgehead atoms. The van der Waals surface area contributed by atoms with E-state index in [1.165, 1.54) is 11.0 Å². The van der Waals surface area contributed by atoms with Gasteiger partial charge in [0.2, 0.25) is 0 Å². The van der Waals surface area contributed by atoms with Gasteiger partial charge in [0.1, 0.15) is 5.60 Å². The number of nitrogens with zero attached hydrogens (tertiary/aromatic N) is 1. The number of likely N-dealkylation sites (tertiary alicyclic amines) is 1. The van der Waals surface area contributed by atoms with Gasteiger partial charge in [-0.25, -0.2) is 13.6 Å². The van der Waals surface area contributed by atoms with E-state index in [-0.39, 0.29) is 5.56 Å². The first-order chi connectivity index (χ1) is 10.2. The van der Waals surface area contributed by atoms with Crippen molar-refractivity contribution in [1.29, 1.82) is 0 Å². The fourth-order valence-corrected chi connectivity index (χ4v) is 2.59. The molecule has 1 aromatic rings. The SMILES string of the molecule is CC(C)(C)OC(=O)N1CCC[C@H]1C(O)c1ccc(F)c(F)c1. The highest BCUT2D eigenvalue weighted by Gasteiger charge is 2.37. The third-order valence-electron chi connectivity index (χ3n) is 3.58. The summed E-state index contributed by atoms with van der Waals surface area (Å²) in [5.41, 5.74) is -0.378. The first-order valence-electron chi connectivity index (χ1n) is 7.31. The van der Waals surface area contributed by atoms with Gasteiger partial charge in [0.25, 0.3) is 0 Å². The smallest absolute Gasteiger partial charge is 0.410 e. The molecule has 0 spiro atoms. The number of rotatable bonds is 2. The Bertz CT molecular complexity index is 557. The Morgan fingerprint density at radius 3 is 2.64 bits per heavy atom. The van der Waals surface area contributed by atoms with Gasteiger partial charge in [0.15, 0.2) is 11.6 Å². The minimum Gasteiger partial charge on any atom is -0.444 e. The van der Waals surface area contributed by atoms with Gasteiger partial charge in [-0.15, -0.1) is 0 Å². The maximum Gasteiger partial charge on any atom is 0.410 e. The summed E-state index contributed by atoms with van der Waals surface area (Å²) in [4.78, 5) is 13.6. The minimum atomic E-state index is -1.08. The zero-order valence-corrected chi connectivity index (χ0v) is 13.0. The second-order valence-electron chi connectivity index (χ2n) is 6.50. The average Bonchev–Trinajstić information content (AvgIpc) is 2.88. The van der Waals surface area contributed by atoms with Crippen LogP contribution in [0, 0.1) is 11.6 Å². The quantitative estimate of drug-likeness (QED) is 0.910. The molecule has 2 atom stereocenters. The van der Waals surface area contributed by atoms with Crippen molar-refractivity contribution >= 4 is 6.09 Å². The summed E-state index contributed by atoms with van der Waals surface area (Å²) in [6.45, 7) is 5.77. The van der Waals surface area contributed by atoms with Crippen LogP contribution in [-0.2, 0) is 4.74 Å². The minimum absolute atomic E-state index is 0.249. The van der Waals surface area contributed by atoms with Crippen LogP contribution in [0.4, 0.5) is 13.6 Å². The molecule has 1 amide bonds. The third-order valence-corrected chi connectivity index (χ3v) is 3.58. The number of hydrogen-bond donors (Lipinski definition) is 1. The number of benzene rings is 1. The third kappa shape index (κ3) is 3.74.